The quantitative estimate of drug-likeness (QED) is 0.321. The zero-order chi connectivity index (χ0) is 21.9. The van der Waals surface area contributed by atoms with Gasteiger partial charge in [-0.1, -0.05) is 43.6 Å². The van der Waals surface area contributed by atoms with Gasteiger partial charge in [-0.2, -0.15) is 0 Å². The lowest BCUT2D eigenvalue weighted by atomic mass is 10.0. The van der Waals surface area contributed by atoms with Gasteiger partial charge in [0.15, 0.2) is 11.8 Å². The van der Waals surface area contributed by atoms with Crippen LogP contribution < -0.4 is 10.6 Å². The van der Waals surface area contributed by atoms with Gasteiger partial charge in [-0.05, 0) is 31.6 Å². The number of nitrogens with one attached hydrogen (secondary N) is 2. The fraction of sp³-hybridized carbons (Fsp3) is 0.571. The predicted octanol–water partition coefficient (Wildman–Crippen LogP) is 2.54. The van der Waals surface area contributed by atoms with Crippen LogP contribution in [-0.2, 0) is 18.3 Å². The largest absolute Gasteiger partial charge is 0.383 e. The molecule has 166 valence electrons. The minimum Gasteiger partial charge on any atom is -0.383 e. The molecule has 8 nitrogen and oxygen atoms in total. The number of aryl methyl sites for hydroxylation is 1. The standard InChI is InChI=1S/C21H34ClN7O/c1-6-29(7-2)19(17-10-8-9-11-18(17)22)14-24-21(23-12-13-30-5)25-15-20-27-26-16(3)28(20)4/h8-11,19H,6-7,12-15H2,1-5H3,(H2,23,24,25). The summed E-state index contributed by atoms with van der Waals surface area (Å²) in [5.41, 5.74) is 1.11. The Bertz CT molecular complexity index is 804. The number of hydrogen-bond acceptors (Lipinski definition) is 5. The lowest BCUT2D eigenvalue weighted by molar-refractivity contribution is 0.203. The molecule has 30 heavy (non-hydrogen) atoms. The zero-order valence-electron chi connectivity index (χ0n) is 18.7. The van der Waals surface area contributed by atoms with Crippen molar-refractivity contribution in [2.45, 2.75) is 33.4 Å². The molecule has 0 amide bonds. The molecule has 9 heteroatoms. The second kappa shape index (κ2) is 12.5. The number of methoxy groups -OCH3 is 1. The van der Waals surface area contributed by atoms with Gasteiger partial charge < -0.3 is 19.9 Å². The molecule has 1 aromatic heterocycles. The summed E-state index contributed by atoms with van der Waals surface area (Å²) in [4.78, 5) is 7.08. The number of rotatable bonds is 11. The van der Waals surface area contributed by atoms with E-state index in [1.165, 1.54) is 0 Å². The average Bonchev–Trinajstić information content (AvgIpc) is 3.07. The molecule has 0 spiro atoms. The number of benzene rings is 1. The summed E-state index contributed by atoms with van der Waals surface area (Å²) in [6.45, 7) is 10.4. The molecule has 0 bridgehead atoms. The highest BCUT2D eigenvalue weighted by Gasteiger charge is 2.20. The smallest absolute Gasteiger partial charge is 0.191 e. The molecule has 0 aliphatic heterocycles. The van der Waals surface area contributed by atoms with Crippen LogP contribution in [0.5, 0.6) is 0 Å². The molecule has 0 fully saturated rings. The second-order valence-electron chi connectivity index (χ2n) is 6.95. The van der Waals surface area contributed by atoms with Gasteiger partial charge in [0.1, 0.15) is 12.4 Å². The fourth-order valence-corrected chi connectivity index (χ4v) is 3.48. The Morgan fingerprint density at radius 1 is 1.23 bits per heavy atom. The molecule has 0 aliphatic carbocycles. The minimum absolute atomic E-state index is 0.125. The number of hydrogen-bond donors (Lipinski definition) is 2. The van der Waals surface area contributed by atoms with Crippen molar-refractivity contribution in [3.8, 4) is 0 Å². The third-order valence-electron chi connectivity index (χ3n) is 5.14. The number of aromatic nitrogens is 3. The normalized spacial score (nSPS) is 13.0. The van der Waals surface area contributed by atoms with Crippen LogP contribution in [0.25, 0.3) is 0 Å². The Balaban J connectivity index is 2.17. The van der Waals surface area contributed by atoms with E-state index >= 15 is 0 Å². The van der Waals surface area contributed by atoms with Gasteiger partial charge in [-0.25, -0.2) is 4.99 Å². The minimum atomic E-state index is 0.125. The Morgan fingerprint density at radius 3 is 2.57 bits per heavy atom. The summed E-state index contributed by atoms with van der Waals surface area (Å²) in [6.07, 6.45) is 0. The van der Waals surface area contributed by atoms with Crippen LogP contribution in [0.1, 0.15) is 37.1 Å². The number of guanidine groups is 1. The van der Waals surface area contributed by atoms with E-state index in [1.807, 2.05) is 36.7 Å². The predicted molar refractivity (Wildman–Crippen MR) is 122 cm³/mol. The van der Waals surface area contributed by atoms with Crippen LogP contribution in [-0.4, -0.2) is 65.5 Å². The maximum atomic E-state index is 6.52. The van der Waals surface area contributed by atoms with Crippen LogP contribution in [0.2, 0.25) is 5.02 Å². The lowest BCUT2D eigenvalue weighted by Gasteiger charge is -2.31. The van der Waals surface area contributed by atoms with Crippen LogP contribution >= 0.6 is 11.6 Å². The summed E-state index contributed by atoms with van der Waals surface area (Å²) in [6, 6.07) is 8.14. The number of aliphatic imine (C=N–C) groups is 1. The second-order valence-corrected chi connectivity index (χ2v) is 7.35. The molecule has 2 N–H and O–H groups in total. The highest BCUT2D eigenvalue weighted by Crippen LogP contribution is 2.26. The van der Waals surface area contributed by atoms with Gasteiger partial charge in [0.2, 0.25) is 0 Å². The molecular formula is C21H34ClN7O. The molecular weight excluding hydrogens is 402 g/mol. The van der Waals surface area contributed by atoms with Gasteiger partial charge >= 0.3 is 0 Å². The SMILES string of the molecule is CCN(CC)C(CNC(=NCc1nnc(C)n1C)NCCOC)c1ccccc1Cl. The van der Waals surface area contributed by atoms with E-state index in [0.29, 0.717) is 32.2 Å². The van der Waals surface area contributed by atoms with E-state index in [2.05, 4.69) is 45.6 Å². The van der Waals surface area contributed by atoms with Crippen molar-refractivity contribution in [2.24, 2.45) is 12.0 Å². The van der Waals surface area contributed by atoms with Crippen molar-refractivity contribution in [1.29, 1.82) is 0 Å². The van der Waals surface area contributed by atoms with Gasteiger partial charge in [0.25, 0.3) is 0 Å². The summed E-state index contributed by atoms with van der Waals surface area (Å²) >= 11 is 6.52. The van der Waals surface area contributed by atoms with Gasteiger partial charge in [0.05, 0.1) is 12.6 Å². The first-order valence-corrected chi connectivity index (χ1v) is 10.7. The van der Waals surface area contributed by atoms with Crippen molar-refractivity contribution in [1.82, 2.24) is 30.3 Å². The summed E-state index contributed by atoms with van der Waals surface area (Å²) < 4.78 is 7.11. The maximum Gasteiger partial charge on any atom is 0.191 e. The number of nitrogens with zero attached hydrogens (tertiary/aromatic N) is 5. The third kappa shape index (κ3) is 6.68. The van der Waals surface area contributed by atoms with Crippen molar-refractivity contribution in [3.63, 3.8) is 0 Å². The van der Waals surface area contributed by atoms with Crippen molar-refractivity contribution in [2.75, 3.05) is 39.9 Å². The highest BCUT2D eigenvalue weighted by molar-refractivity contribution is 6.31. The molecule has 1 aromatic carbocycles. The summed E-state index contributed by atoms with van der Waals surface area (Å²) in [5, 5.41) is 15.9. The van der Waals surface area contributed by atoms with Crippen molar-refractivity contribution in [3.05, 3.63) is 46.5 Å². The van der Waals surface area contributed by atoms with Crippen LogP contribution in [0, 0.1) is 6.92 Å². The Morgan fingerprint density at radius 2 is 1.97 bits per heavy atom. The molecule has 1 unspecified atom stereocenters. The van der Waals surface area contributed by atoms with Crippen LogP contribution in [0.3, 0.4) is 0 Å². The van der Waals surface area contributed by atoms with E-state index in [1.54, 1.807) is 7.11 Å². The number of likely N-dealkylation sites (N-methyl/N-ethyl adjacent to an activating group) is 1. The Labute approximate surface area is 184 Å². The molecule has 0 saturated heterocycles. The molecule has 0 saturated carbocycles. The highest BCUT2D eigenvalue weighted by atomic mass is 35.5. The topological polar surface area (TPSA) is 79.6 Å². The first-order valence-electron chi connectivity index (χ1n) is 10.4. The zero-order valence-corrected chi connectivity index (χ0v) is 19.4. The first-order chi connectivity index (χ1) is 14.5. The number of ether oxygens (including phenoxy) is 1. The van der Waals surface area contributed by atoms with Crippen molar-refractivity contribution < 1.29 is 4.74 Å². The van der Waals surface area contributed by atoms with E-state index in [0.717, 1.165) is 35.3 Å². The first kappa shape index (κ1) is 24.1. The average molecular weight is 436 g/mol. The van der Waals surface area contributed by atoms with Crippen molar-refractivity contribution >= 4 is 17.6 Å². The maximum absolute atomic E-state index is 6.52. The van der Waals surface area contributed by atoms with Gasteiger partial charge in [-0.15, -0.1) is 10.2 Å². The fourth-order valence-electron chi connectivity index (χ4n) is 3.22. The number of halogens is 1. The third-order valence-corrected chi connectivity index (χ3v) is 5.48. The summed E-state index contributed by atoms with van der Waals surface area (Å²) in [5.74, 6) is 2.38. The van der Waals surface area contributed by atoms with E-state index in [9.17, 15) is 0 Å². The van der Waals surface area contributed by atoms with Gasteiger partial charge in [0, 0.05) is 32.3 Å². The molecule has 1 atom stereocenters. The summed E-state index contributed by atoms with van der Waals surface area (Å²) in [7, 11) is 3.63. The molecule has 0 radical (unpaired) electrons. The van der Waals surface area contributed by atoms with E-state index < -0.39 is 0 Å². The van der Waals surface area contributed by atoms with Gasteiger partial charge in [-0.3, -0.25) is 4.90 Å². The lowest BCUT2D eigenvalue weighted by Crippen LogP contribution is -2.44. The van der Waals surface area contributed by atoms with Crippen LogP contribution in [0.4, 0.5) is 0 Å². The van der Waals surface area contributed by atoms with E-state index in [-0.39, 0.29) is 6.04 Å². The van der Waals surface area contributed by atoms with E-state index in [4.69, 9.17) is 21.3 Å². The molecule has 2 aromatic rings. The monoisotopic (exact) mass is 435 g/mol. The molecule has 2 rings (SSSR count). The van der Waals surface area contributed by atoms with Crippen LogP contribution in [0.15, 0.2) is 29.3 Å². The Hall–Kier alpha value is -2.16. The molecule has 1 heterocycles. The molecule has 0 aliphatic rings. The Kier molecular flexibility index (Phi) is 10.1.